The molecular formula is C29H33N3O3. The van der Waals surface area contributed by atoms with Gasteiger partial charge in [0.05, 0.1) is 18.8 Å². The first-order valence-corrected chi connectivity index (χ1v) is 12.9. The highest BCUT2D eigenvalue weighted by Crippen LogP contribution is 2.53. The van der Waals surface area contributed by atoms with E-state index in [1.807, 2.05) is 18.2 Å². The second-order valence-corrected chi connectivity index (χ2v) is 10.7. The molecule has 4 aliphatic rings. The molecule has 1 saturated heterocycles. The van der Waals surface area contributed by atoms with Gasteiger partial charge in [-0.25, -0.2) is 0 Å². The van der Waals surface area contributed by atoms with Gasteiger partial charge in [-0.3, -0.25) is 14.6 Å². The Hall–Kier alpha value is -2.99. The zero-order valence-corrected chi connectivity index (χ0v) is 20.2. The monoisotopic (exact) mass is 471 g/mol. The molecule has 35 heavy (non-hydrogen) atoms. The first kappa shape index (κ1) is 22.5. The van der Waals surface area contributed by atoms with Crippen LogP contribution in [0.1, 0.15) is 55.3 Å². The fraction of sp³-hybridized carbons (Fsp3) is 0.483. The summed E-state index contributed by atoms with van der Waals surface area (Å²) in [7, 11) is 0. The summed E-state index contributed by atoms with van der Waals surface area (Å²) >= 11 is 0. The molecule has 2 amide bonds. The van der Waals surface area contributed by atoms with Crippen molar-refractivity contribution in [2.75, 3.05) is 13.1 Å². The van der Waals surface area contributed by atoms with Gasteiger partial charge in [0.15, 0.2) is 0 Å². The molecule has 182 valence electrons. The number of hydrogen-bond acceptors (Lipinski definition) is 4. The molecule has 6 rings (SSSR count). The second kappa shape index (κ2) is 8.90. The number of ether oxygens (including phenoxy) is 1. The molecule has 2 bridgehead atoms. The van der Waals surface area contributed by atoms with E-state index >= 15 is 0 Å². The van der Waals surface area contributed by atoms with Crippen LogP contribution in [0.2, 0.25) is 0 Å². The summed E-state index contributed by atoms with van der Waals surface area (Å²) in [4.78, 5) is 31.9. The minimum absolute atomic E-state index is 0.0590. The van der Waals surface area contributed by atoms with E-state index in [9.17, 15) is 9.59 Å². The third-order valence-electron chi connectivity index (χ3n) is 8.78. The average Bonchev–Trinajstić information content (AvgIpc) is 3.58. The number of allylic oxidation sites excluding steroid dienone is 2. The van der Waals surface area contributed by atoms with Gasteiger partial charge in [-0.2, -0.15) is 0 Å². The van der Waals surface area contributed by atoms with E-state index in [1.54, 1.807) is 19.3 Å². The number of nitrogens with one attached hydrogen (secondary N) is 1. The molecule has 5 atom stereocenters. The molecule has 0 radical (unpaired) electrons. The average molecular weight is 472 g/mol. The van der Waals surface area contributed by atoms with Crippen LogP contribution in [-0.4, -0.2) is 40.9 Å². The highest BCUT2D eigenvalue weighted by molar-refractivity contribution is 5.80. The van der Waals surface area contributed by atoms with Crippen LogP contribution in [0.4, 0.5) is 0 Å². The number of likely N-dealkylation sites (tertiary alicyclic amines) is 1. The maximum Gasteiger partial charge on any atom is 0.226 e. The largest absolute Gasteiger partial charge is 0.370 e. The van der Waals surface area contributed by atoms with Crippen molar-refractivity contribution >= 4 is 11.8 Å². The van der Waals surface area contributed by atoms with Crippen molar-refractivity contribution in [3.63, 3.8) is 0 Å². The molecule has 1 saturated carbocycles. The zero-order chi connectivity index (χ0) is 24.0. The van der Waals surface area contributed by atoms with Crippen LogP contribution < -0.4 is 5.32 Å². The van der Waals surface area contributed by atoms with Gasteiger partial charge >= 0.3 is 0 Å². The highest BCUT2D eigenvalue weighted by Gasteiger charge is 2.55. The number of hydrogen-bond donors (Lipinski definition) is 1. The van der Waals surface area contributed by atoms with Gasteiger partial charge in [-0.1, -0.05) is 36.4 Å². The predicted molar refractivity (Wildman–Crippen MR) is 132 cm³/mol. The van der Waals surface area contributed by atoms with Crippen LogP contribution >= 0.6 is 0 Å². The van der Waals surface area contributed by atoms with Gasteiger partial charge in [0.25, 0.3) is 0 Å². The SMILES string of the molecule is CC(=O)N[C@H]1c2ccccc2C2(CCN(C(=O)[C@@H]3C[C@H]4C=C[C@@H]3C4)CC2)[C@@H]1OCc1ccncc1. The molecule has 1 aromatic carbocycles. The first-order chi connectivity index (χ1) is 17.0. The lowest BCUT2D eigenvalue weighted by atomic mass is 9.71. The predicted octanol–water partition coefficient (Wildman–Crippen LogP) is 3.93. The van der Waals surface area contributed by atoms with E-state index in [-0.39, 0.29) is 29.4 Å². The number of fused-ring (bicyclic) bond motifs is 4. The van der Waals surface area contributed by atoms with Crippen LogP contribution in [0.3, 0.4) is 0 Å². The summed E-state index contributed by atoms with van der Waals surface area (Å²) in [5.41, 5.74) is 3.22. The van der Waals surface area contributed by atoms with Crippen LogP contribution in [0.25, 0.3) is 0 Å². The van der Waals surface area contributed by atoms with Gasteiger partial charge in [0.2, 0.25) is 11.8 Å². The molecule has 1 aliphatic heterocycles. The Morgan fingerprint density at radius 2 is 1.86 bits per heavy atom. The Labute approximate surface area is 206 Å². The van der Waals surface area contributed by atoms with Gasteiger partial charge in [-0.15, -0.1) is 0 Å². The molecule has 2 heterocycles. The van der Waals surface area contributed by atoms with E-state index in [2.05, 4.69) is 45.6 Å². The Balaban J connectivity index is 1.26. The molecule has 6 nitrogen and oxygen atoms in total. The summed E-state index contributed by atoms with van der Waals surface area (Å²) in [6, 6.07) is 12.2. The number of amides is 2. The van der Waals surface area contributed by atoms with Gasteiger partial charge in [0, 0.05) is 43.7 Å². The molecule has 0 unspecified atom stereocenters. The highest BCUT2D eigenvalue weighted by atomic mass is 16.5. The quantitative estimate of drug-likeness (QED) is 0.671. The lowest BCUT2D eigenvalue weighted by Gasteiger charge is -2.45. The molecular weight excluding hydrogens is 438 g/mol. The van der Waals surface area contributed by atoms with Crippen molar-refractivity contribution in [1.29, 1.82) is 0 Å². The standard InChI is InChI=1S/C29H33N3O3/c1-19(33)31-26-23-4-2-3-5-25(23)29(27(26)35-18-20-8-12-30-13-9-20)10-14-32(15-11-29)28(34)24-17-21-6-7-22(24)16-21/h2-9,12-13,21-22,24,26-27H,10-11,14-18H2,1H3,(H,31,33)/t21-,22+,24+,26-,27+/m0/s1. The molecule has 1 aromatic heterocycles. The Morgan fingerprint density at radius 1 is 1.09 bits per heavy atom. The maximum absolute atomic E-state index is 13.4. The molecule has 1 N–H and O–H groups in total. The van der Waals surface area contributed by atoms with Gasteiger partial charge < -0.3 is 15.0 Å². The normalized spacial score (nSPS) is 30.0. The maximum atomic E-state index is 13.4. The summed E-state index contributed by atoms with van der Waals surface area (Å²) in [5, 5.41) is 3.19. The lowest BCUT2D eigenvalue weighted by Crippen LogP contribution is -2.53. The Morgan fingerprint density at radius 3 is 2.54 bits per heavy atom. The van der Waals surface area contributed by atoms with E-state index in [1.165, 1.54) is 5.56 Å². The van der Waals surface area contributed by atoms with Crippen molar-refractivity contribution in [3.05, 3.63) is 77.6 Å². The lowest BCUT2D eigenvalue weighted by molar-refractivity contribution is -0.139. The van der Waals surface area contributed by atoms with Crippen LogP contribution in [0, 0.1) is 17.8 Å². The molecule has 6 heteroatoms. The minimum atomic E-state index is -0.234. The van der Waals surface area contributed by atoms with Crippen molar-refractivity contribution < 1.29 is 14.3 Å². The van der Waals surface area contributed by atoms with Crippen LogP contribution in [-0.2, 0) is 26.3 Å². The molecule has 2 aromatic rings. The topological polar surface area (TPSA) is 71.5 Å². The smallest absolute Gasteiger partial charge is 0.226 e. The van der Waals surface area contributed by atoms with Crippen molar-refractivity contribution in [2.24, 2.45) is 17.8 Å². The fourth-order valence-electron chi connectivity index (χ4n) is 7.13. The number of carbonyl (C=O) groups excluding carboxylic acids is 2. The van der Waals surface area contributed by atoms with Crippen LogP contribution in [0.5, 0.6) is 0 Å². The third-order valence-corrected chi connectivity index (χ3v) is 8.78. The zero-order valence-electron chi connectivity index (χ0n) is 20.2. The van der Waals surface area contributed by atoms with E-state index in [0.717, 1.165) is 49.9 Å². The molecule has 1 spiro atoms. The molecule has 2 fully saturated rings. The minimum Gasteiger partial charge on any atom is -0.370 e. The van der Waals surface area contributed by atoms with E-state index in [0.29, 0.717) is 24.3 Å². The number of pyridine rings is 1. The number of carbonyl (C=O) groups is 2. The summed E-state index contributed by atoms with van der Waals surface area (Å²) in [5.74, 6) is 1.44. The summed E-state index contributed by atoms with van der Waals surface area (Å²) < 4.78 is 6.66. The Kier molecular flexibility index (Phi) is 5.72. The summed E-state index contributed by atoms with van der Waals surface area (Å²) in [6.07, 6.45) is 11.7. The van der Waals surface area contributed by atoms with Crippen LogP contribution in [0.15, 0.2) is 60.9 Å². The number of piperidine rings is 1. The Bertz CT molecular complexity index is 1140. The van der Waals surface area contributed by atoms with Crippen molar-refractivity contribution in [3.8, 4) is 0 Å². The second-order valence-electron chi connectivity index (χ2n) is 10.7. The van der Waals surface area contributed by atoms with E-state index < -0.39 is 0 Å². The number of benzene rings is 1. The summed E-state index contributed by atoms with van der Waals surface area (Å²) in [6.45, 7) is 3.48. The number of rotatable bonds is 5. The van der Waals surface area contributed by atoms with Crippen molar-refractivity contribution in [2.45, 2.75) is 56.8 Å². The van der Waals surface area contributed by atoms with E-state index in [4.69, 9.17) is 4.74 Å². The fourth-order valence-corrected chi connectivity index (χ4v) is 7.13. The van der Waals surface area contributed by atoms with Gasteiger partial charge in [-0.05, 0) is 66.3 Å². The number of nitrogens with zero attached hydrogens (tertiary/aromatic N) is 2. The third kappa shape index (κ3) is 3.88. The van der Waals surface area contributed by atoms with Gasteiger partial charge in [0.1, 0.15) is 0 Å². The first-order valence-electron chi connectivity index (χ1n) is 12.9. The number of aromatic nitrogens is 1. The molecule has 3 aliphatic carbocycles. The van der Waals surface area contributed by atoms with Crippen molar-refractivity contribution in [1.82, 2.24) is 15.2 Å².